The van der Waals surface area contributed by atoms with Crippen LogP contribution in [0.4, 0.5) is 5.69 Å². The van der Waals surface area contributed by atoms with Crippen LogP contribution in [0.2, 0.25) is 0 Å². The third-order valence-corrected chi connectivity index (χ3v) is 7.05. The molecule has 3 heterocycles. The Hall–Kier alpha value is -3.71. The number of carbonyl (C=O) groups excluding carboxylic acids is 1. The van der Waals surface area contributed by atoms with E-state index in [0.29, 0.717) is 23.4 Å². The van der Waals surface area contributed by atoms with Crippen molar-refractivity contribution in [3.8, 4) is 0 Å². The molecule has 0 radical (unpaired) electrons. The van der Waals surface area contributed by atoms with E-state index in [0.717, 1.165) is 34.1 Å². The van der Waals surface area contributed by atoms with Crippen LogP contribution in [0, 0.1) is 11.7 Å². The molecule has 6 rings (SSSR count). The fourth-order valence-corrected chi connectivity index (χ4v) is 5.37. The van der Waals surface area contributed by atoms with Crippen LogP contribution in [0.15, 0.2) is 66.7 Å². The van der Waals surface area contributed by atoms with E-state index in [9.17, 15) is 4.79 Å². The highest BCUT2D eigenvalue weighted by Crippen LogP contribution is 2.26. The van der Waals surface area contributed by atoms with Crippen LogP contribution in [-0.2, 0) is 0 Å². The van der Waals surface area contributed by atoms with Gasteiger partial charge in [-0.2, -0.15) is 0 Å². The van der Waals surface area contributed by atoms with Crippen molar-refractivity contribution >= 4 is 51.4 Å². The lowest BCUT2D eigenvalue weighted by Crippen LogP contribution is -2.53. The molecular formula is C27H25N5OS. The molecule has 1 N–H and O–H groups in total. The van der Waals surface area contributed by atoms with Crippen LogP contribution >= 0.6 is 12.2 Å². The number of rotatable bonds is 2. The van der Waals surface area contributed by atoms with Crippen molar-refractivity contribution in [3.05, 3.63) is 82.6 Å². The lowest BCUT2D eigenvalue weighted by molar-refractivity contribution is 0.0726. The van der Waals surface area contributed by atoms with Crippen LogP contribution in [0.25, 0.3) is 27.6 Å². The summed E-state index contributed by atoms with van der Waals surface area (Å²) in [6.45, 7) is 6.48. The fraction of sp³-hybridized carbons (Fsp3) is 0.222. The van der Waals surface area contributed by atoms with Gasteiger partial charge in [0.25, 0.3) is 5.91 Å². The molecule has 0 aliphatic carbocycles. The monoisotopic (exact) mass is 467 g/mol. The van der Waals surface area contributed by atoms with E-state index in [1.165, 1.54) is 11.3 Å². The summed E-state index contributed by atoms with van der Waals surface area (Å²) in [6, 6.07) is 22.5. The summed E-state index contributed by atoms with van der Waals surface area (Å²) in [5.74, 6) is 0.0466. The SMILES string of the molecule is Cc1cccc(N2CCN(C(=O)c3ccc4c(c3)[nH]c(=S)n3c5ccccc5nc43)C[C@H]2C)c1. The molecule has 1 amide bonds. The third kappa shape index (κ3) is 3.35. The Balaban J connectivity index is 1.31. The molecule has 0 bridgehead atoms. The minimum Gasteiger partial charge on any atom is -0.365 e. The number of aryl methyl sites for hydroxylation is 1. The molecule has 6 nitrogen and oxygen atoms in total. The van der Waals surface area contributed by atoms with Gasteiger partial charge in [-0.15, -0.1) is 0 Å². The Morgan fingerprint density at radius 1 is 1.06 bits per heavy atom. The van der Waals surface area contributed by atoms with Crippen molar-refractivity contribution in [2.75, 3.05) is 24.5 Å². The summed E-state index contributed by atoms with van der Waals surface area (Å²) in [5, 5.41) is 0.944. The van der Waals surface area contributed by atoms with Gasteiger partial charge in [0, 0.05) is 42.3 Å². The number of piperazine rings is 1. The van der Waals surface area contributed by atoms with E-state index in [1.807, 2.05) is 51.8 Å². The second-order valence-corrected chi connectivity index (χ2v) is 9.47. The Morgan fingerprint density at radius 3 is 2.74 bits per heavy atom. The number of H-pyrrole nitrogens is 1. The summed E-state index contributed by atoms with van der Waals surface area (Å²) >= 11 is 5.65. The standard InChI is InChI=1S/C27H25N5OS/c1-17-6-5-7-20(14-17)31-13-12-30(16-18(31)2)26(33)19-10-11-21-23(15-19)29-27(34)32-24-9-4-3-8-22(24)28-25(21)32/h3-11,14-15,18H,12-13,16H2,1-2H3,(H,29,34)/t18-/m1/s1. The second-order valence-electron chi connectivity index (χ2n) is 9.08. The number of amides is 1. The van der Waals surface area contributed by atoms with Crippen molar-refractivity contribution in [2.24, 2.45) is 0 Å². The number of carbonyl (C=O) groups is 1. The van der Waals surface area contributed by atoms with Crippen molar-refractivity contribution in [3.63, 3.8) is 0 Å². The smallest absolute Gasteiger partial charge is 0.254 e. The van der Waals surface area contributed by atoms with E-state index in [2.05, 4.69) is 48.0 Å². The van der Waals surface area contributed by atoms with Crippen LogP contribution < -0.4 is 4.90 Å². The number of aromatic amines is 1. The third-order valence-electron chi connectivity index (χ3n) is 6.76. The maximum absolute atomic E-state index is 13.4. The number of nitrogens with zero attached hydrogens (tertiary/aromatic N) is 4. The van der Waals surface area contributed by atoms with Gasteiger partial charge in [-0.25, -0.2) is 4.98 Å². The fourth-order valence-electron chi connectivity index (χ4n) is 5.07. The molecule has 1 fully saturated rings. The number of hydrogen-bond acceptors (Lipinski definition) is 4. The van der Waals surface area contributed by atoms with Gasteiger partial charge in [0.2, 0.25) is 0 Å². The van der Waals surface area contributed by atoms with Gasteiger partial charge in [-0.3, -0.25) is 9.20 Å². The molecule has 0 unspecified atom stereocenters. The molecule has 7 heteroatoms. The largest absolute Gasteiger partial charge is 0.365 e. The normalized spacial score (nSPS) is 16.6. The first-order valence-corrected chi connectivity index (χ1v) is 12.0. The van der Waals surface area contributed by atoms with Gasteiger partial charge >= 0.3 is 0 Å². The van der Waals surface area contributed by atoms with E-state index in [1.54, 1.807) is 0 Å². The average molecular weight is 468 g/mol. The molecule has 5 aromatic rings. The zero-order chi connectivity index (χ0) is 23.4. The molecule has 1 saturated heterocycles. The molecule has 170 valence electrons. The quantitative estimate of drug-likeness (QED) is 0.355. The van der Waals surface area contributed by atoms with E-state index in [4.69, 9.17) is 17.2 Å². The van der Waals surface area contributed by atoms with Crippen molar-refractivity contribution < 1.29 is 4.79 Å². The highest BCUT2D eigenvalue weighted by Gasteiger charge is 2.28. The van der Waals surface area contributed by atoms with Crippen LogP contribution in [0.3, 0.4) is 0 Å². The second kappa shape index (κ2) is 7.95. The molecule has 3 aromatic carbocycles. The first kappa shape index (κ1) is 20.9. The highest BCUT2D eigenvalue weighted by atomic mass is 32.1. The van der Waals surface area contributed by atoms with Gasteiger partial charge in [-0.1, -0.05) is 24.3 Å². The molecule has 34 heavy (non-hydrogen) atoms. The molecule has 0 saturated carbocycles. The number of nitrogens with one attached hydrogen (secondary N) is 1. The van der Waals surface area contributed by atoms with E-state index in [-0.39, 0.29) is 11.9 Å². The summed E-state index contributed by atoms with van der Waals surface area (Å²) in [7, 11) is 0. The van der Waals surface area contributed by atoms with Crippen LogP contribution in [0.5, 0.6) is 0 Å². The average Bonchev–Trinajstić information content (AvgIpc) is 3.24. The number of para-hydroxylation sites is 2. The number of aromatic nitrogens is 3. The van der Waals surface area contributed by atoms with Gasteiger partial charge in [0.05, 0.1) is 16.6 Å². The van der Waals surface area contributed by atoms with Gasteiger partial charge in [0.1, 0.15) is 5.65 Å². The number of anilines is 1. The maximum Gasteiger partial charge on any atom is 0.254 e. The topological polar surface area (TPSA) is 56.6 Å². The Bertz CT molecular complexity index is 1640. The first-order valence-electron chi connectivity index (χ1n) is 11.6. The lowest BCUT2D eigenvalue weighted by atomic mass is 10.1. The zero-order valence-electron chi connectivity index (χ0n) is 19.2. The van der Waals surface area contributed by atoms with Gasteiger partial charge < -0.3 is 14.8 Å². The highest BCUT2D eigenvalue weighted by molar-refractivity contribution is 7.71. The number of imidazole rings is 1. The Morgan fingerprint density at radius 2 is 1.91 bits per heavy atom. The Labute approximate surface area is 202 Å². The predicted molar refractivity (Wildman–Crippen MR) is 139 cm³/mol. The minimum atomic E-state index is 0.0466. The molecule has 1 aliphatic rings. The molecular weight excluding hydrogens is 442 g/mol. The summed E-state index contributed by atoms with van der Waals surface area (Å²) in [5.41, 5.74) is 6.63. The first-order chi connectivity index (χ1) is 16.5. The van der Waals surface area contributed by atoms with E-state index < -0.39 is 0 Å². The van der Waals surface area contributed by atoms with Crippen LogP contribution in [-0.4, -0.2) is 50.9 Å². The lowest BCUT2D eigenvalue weighted by Gasteiger charge is -2.41. The summed E-state index contributed by atoms with van der Waals surface area (Å²) < 4.78 is 2.53. The number of hydrogen-bond donors (Lipinski definition) is 1. The van der Waals surface area contributed by atoms with E-state index >= 15 is 0 Å². The zero-order valence-corrected chi connectivity index (χ0v) is 20.0. The van der Waals surface area contributed by atoms with Gasteiger partial charge in [-0.05, 0) is 74.1 Å². The van der Waals surface area contributed by atoms with Crippen molar-refractivity contribution in [1.82, 2.24) is 19.3 Å². The van der Waals surface area contributed by atoms with Crippen LogP contribution in [0.1, 0.15) is 22.8 Å². The predicted octanol–water partition coefficient (Wildman–Crippen LogP) is 5.36. The Kier molecular flexibility index (Phi) is 4.88. The summed E-state index contributed by atoms with van der Waals surface area (Å²) in [6.07, 6.45) is 0. The molecule has 1 atom stereocenters. The number of fused-ring (bicyclic) bond motifs is 5. The summed E-state index contributed by atoms with van der Waals surface area (Å²) in [4.78, 5) is 25.9. The maximum atomic E-state index is 13.4. The number of benzene rings is 3. The van der Waals surface area contributed by atoms with Gasteiger partial charge in [0.15, 0.2) is 4.77 Å². The molecule has 0 spiro atoms. The van der Waals surface area contributed by atoms with Crippen molar-refractivity contribution in [2.45, 2.75) is 19.9 Å². The van der Waals surface area contributed by atoms with Crippen molar-refractivity contribution in [1.29, 1.82) is 0 Å². The molecule has 1 aliphatic heterocycles. The molecule has 2 aromatic heterocycles. The minimum absolute atomic E-state index is 0.0466.